The van der Waals surface area contributed by atoms with Crippen molar-refractivity contribution in [3.63, 3.8) is 0 Å². The number of imide groups is 1. The Morgan fingerprint density at radius 3 is 2.45 bits per heavy atom. The van der Waals surface area contributed by atoms with Crippen LogP contribution in [-0.4, -0.2) is 54.8 Å². The van der Waals surface area contributed by atoms with Crippen LogP contribution in [0.5, 0.6) is 0 Å². The number of hydrogen-bond acceptors (Lipinski definition) is 6. The number of aryl methyl sites for hydroxylation is 2. The van der Waals surface area contributed by atoms with Crippen LogP contribution in [0.25, 0.3) is 0 Å². The summed E-state index contributed by atoms with van der Waals surface area (Å²) >= 11 is 0. The molecule has 0 saturated carbocycles. The van der Waals surface area contributed by atoms with Gasteiger partial charge in [0.2, 0.25) is 10.0 Å². The van der Waals surface area contributed by atoms with Crippen molar-refractivity contribution in [2.45, 2.75) is 31.1 Å². The molecule has 3 rings (SSSR count). The molecule has 1 aromatic heterocycles. The van der Waals surface area contributed by atoms with Gasteiger partial charge >= 0.3 is 5.97 Å². The molecule has 1 fully saturated rings. The molecule has 2 heterocycles. The zero-order valence-electron chi connectivity index (χ0n) is 17.5. The number of piperidine rings is 1. The summed E-state index contributed by atoms with van der Waals surface area (Å²) in [6.07, 6.45) is 4.26. The van der Waals surface area contributed by atoms with Crippen molar-refractivity contribution in [2.24, 2.45) is 7.05 Å². The van der Waals surface area contributed by atoms with Crippen LogP contribution < -0.4 is 5.32 Å². The topological polar surface area (TPSA) is 115 Å². The lowest BCUT2D eigenvalue weighted by atomic mass is 10.1. The predicted octanol–water partition coefficient (Wildman–Crippen LogP) is 1.62. The van der Waals surface area contributed by atoms with Crippen LogP contribution in [-0.2, 0) is 26.6 Å². The maximum Gasteiger partial charge on any atom is 0.338 e. The van der Waals surface area contributed by atoms with Crippen LogP contribution in [0, 0.1) is 6.92 Å². The van der Waals surface area contributed by atoms with E-state index in [0.29, 0.717) is 18.7 Å². The van der Waals surface area contributed by atoms with Gasteiger partial charge in [0, 0.05) is 26.3 Å². The molecule has 0 spiro atoms. The van der Waals surface area contributed by atoms with Gasteiger partial charge in [0.25, 0.3) is 11.8 Å². The third-order valence-corrected chi connectivity index (χ3v) is 7.04. The third-order valence-electron chi connectivity index (χ3n) is 5.15. The summed E-state index contributed by atoms with van der Waals surface area (Å²) in [5.41, 5.74) is 0.855. The van der Waals surface area contributed by atoms with E-state index in [9.17, 15) is 22.8 Å². The Kier molecular flexibility index (Phi) is 6.91. The fourth-order valence-corrected chi connectivity index (χ4v) is 4.91. The van der Waals surface area contributed by atoms with Gasteiger partial charge in [0.05, 0.1) is 10.5 Å². The second-order valence-corrected chi connectivity index (χ2v) is 9.34. The first-order valence-corrected chi connectivity index (χ1v) is 11.4. The van der Waals surface area contributed by atoms with E-state index in [1.807, 2.05) is 0 Å². The Morgan fingerprint density at radius 1 is 1.10 bits per heavy atom. The van der Waals surface area contributed by atoms with Gasteiger partial charge in [-0.25, -0.2) is 13.2 Å². The molecule has 1 aliphatic heterocycles. The Bertz CT molecular complexity index is 1100. The van der Waals surface area contributed by atoms with Gasteiger partial charge in [-0.2, -0.15) is 4.31 Å². The van der Waals surface area contributed by atoms with Gasteiger partial charge in [-0.1, -0.05) is 12.5 Å². The number of esters is 1. The number of amides is 2. The van der Waals surface area contributed by atoms with Crippen molar-refractivity contribution in [1.82, 2.24) is 14.2 Å². The standard InChI is InChI=1S/C21H25N3O6S/c1-15-8-9-16(31(28,29)24-11-4-3-5-12-24)13-17(15)21(27)30-14-19(25)22-20(26)18-7-6-10-23(18)2/h6-10,13H,3-5,11-12,14H2,1-2H3,(H,22,25,26). The Morgan fingerprint density at radius 2 is 1.81 bits per heavy atom. The Labute approximate surface area is 181 Å². The van der Waals surface area contributed by atoms with Gasteiger partial charge in [0.15, 0.2) is 6.61 Å². The second kappa shape index (κ2) is 9.44. The quantitative estimate of drug-likeness (QED) is 0.673. The lowest BCUT2D eigenvalue weighted by Crippen LogP contribution is -2.36. The van der Waals surface area contributed by atoms with E-state index in [2.05, 4.69) is 5.32 Å². The molecular weight excluding hydrogens is 422 g/mol. The summed E-state index contributed by atoms with van der Waals surface area (Å²) < 4.78 is 33.7. The number of ether oxygens (including phenoxy) is 1. The highest BCUT2D eigenvalue weighted by Gasteiger charge is 2.27. The minimum absolute atomic E-state index is 0.00953. The van der Waals surface area contributed by atoms with Crippen LogP contribution in [0.1, 0.15) is 45.7 Å². The normalized spacial score (nSPS) is 14.8. The first-order valence-electron chi connectivity index (χ1n) is 9.93. The SMILES string of the molecule is Cc1ccc(S(=O)(=O)N2CCCCC2)cc1C(=O)OCC(=O)NC(=O)c1cccn1C. The van der Waals surface area contributed by atoms with Gasteiger partial charge in [-0.3, -0.25) is 14.9 Å². The smallest absolute Gasteiger partial charge is 0.338 e. The highest BCUT2D eigenvalue weighted by molar-refractivity contribution is 7.89. The van der Waals surface area contributed by atoms with E-state index in [1.165, 1.54) is 22.5 Å². The van der Waals surface area contributed by atoms with Crippen LogP contribution in [0.15, 0.2) is 41.4 Å². The first-order chi connectivity index (χ1) is 14.7. The number of sulfonamides is 1. The summed E-state index contributed by atoms with van der Waals surface area (Å²) in [7, 11) is -2.05. The molecule has 1 aromatic carbocycles. The fourth-order valence-electron chi connectivity index (χ4n) is 3.37. The van der Waals surface area contributed by atoms with Gasteiger partial charge in [0.1, 0.15) is 5.69 Å². The second-order valence-electron chi connectivity index (χ2n) is 7.40. The largest absolute Gasteiger partial charge is 0.452 e. The lowest BCUT2D eigenvalue weighted by Gasteiger charge is -2.26. The van der Waals surface area contributed by atoms with Crippen molar-refractivity contribution in [2.75, 3.05) is 19.7 Å². The maximum absolute atomic E-state index is 12.9. The molecule has 0 radical (unpaired) electrons. The molecule has 0 unspecified atom stereocenters. The minimum atomic E-state index is -3.71. The Hall–Kier alpha value is -2.98. The van der Waals surface area contributed by atoms with Crippen LogP contribution >= 0.6 is 0 Å². The lowest BCUT2D eigenvalue weighted by molar-refractivity contribution is -0.123. The summed E-state index contributed by atoms with van der Waals surface area (Å²) in [4.78, 5) is 36.5. The van der Waals surface area contributed by atoms with Crippen molar-refractivity contribution in [3.05, 3.63) is 53.3 Å². The van der Waals surface area contributed by atoms with E-state index in [-0.39, 0.29) is 16.2 Å². The predicted molar refractivity (Wildman–Crippen MR) is 112 cm³/mol. The van der Waals surface area contributed by atoms with Crippen LogP contribution in [0.4, 0.5) is 0 Å². The summed E-state index contributed by atoms with van der Waals surface area (Å²) in [5, 5.41) is 2.14. The van der Waals surface area contributed by atoms with Gasteiger partial charge < -0.3 is 9.30 Å². The van der Waals surface area contributed by atoms with Crippen molar-refractivity contribution in [3.8, 4) is 0 Å². The van der Waals surface area contributed by atoms with Crippen molar-refractivity contribution >= 4 is 27.8 Å². The highest BCUT2D eigenvalue weighted by atomic mass is 32.2. The van der Waals surface area contributed by atoms with E-state index in [0.717, 1.165) is 19.3 Å². The van der Waals surface area contributed by atoms with E-state index < -0.39 is 34.4 Å². The summed E-state index contributed by atoms with van der Waals surface area (Å²) in [5.74, 6) is -2.23. The molecule has 9 nitrogen and oxygen atoms in total. The Balaban J connectivity index is 1.66. The number of carbonyl (C=O) groups excluding carboxylic acids is 3. The number of hydrogen-bond donors (Lipinski definition) is 1. The van der Waals surface area contributed by atoms with Gasteiger partial charge in [-0.05, 0) is 49.6 Å². The minimum Gasteiger partial charge on any atom is -0.452 e. The molecule has 0 aliphatic carbocycles. The van der Waals surface area contributed by atoms with Crippen molar-refractivity contribution in [1.29, 1.82) is 0 Å². The van der Waals surface area contributed by atoms with Crippen LogP contribution in [0.2, 0.25) is 0 Å². The molecule has 166 valence electrons. The molecule has 1 N–H and O–H groups in total. The van der Waals surface area contributed by atoms with Crippen LogP contribution in [0.3, 0.4) is 0 Å². The molecule has 31 heavy (non-hydrogen) atoms. The summed E-state index contributed by atoms with van der Waals surface area (Å²) in [6, 6.07) is 7.47. The number of nitrogens with zero attached hydrogens (tertiary/aromatic N) is 2. The number of rotatable bonds is 6. The molecule has 2 aromatic rings. The van der Waals surface area contributed by atoms with E-state index >= 15 is 0 Å². The number of carbonyl (C=O) groups is 3. The average Bonchev–Trinajstić information content (AvgIpc) is 3.19. The number of benzene rings is 1. The monoisotopic (exact) mass is 447 g/mol. The first kappa shape index (κ1) is 22.7. The molecule has 0 atom stereocenters. The average molecular weight is 448 g/mol. The van der Waals surface area contributed by atoms with Crippen molar-refractivity contribution < 1.29 is 27.5 Å². The number of nitrogens with one attached hydrogen (secondary N) is 1. The van der Waals surface area contributed by atoms with Gasteiger partial charge in [-0.15, -0.1) is 0 Å². The maximum atomic E-state index is 12.9. The van der Waals surface area contributed by atoms with E-state index in [1.54, 1.807) is 36.9 Å². The molecule has 0 bridgehead atoms. The zero-order chi connectivity index (χ0) is 22.6. The third kappa shape index (κ3) is 5.20. The molecule has 1 saturated heterocycles. The molecule has 10 heteroatoms. The van der Waals surface area contributed by atoms with E-state index in [4.69, 9.17) is 4.74 Å². The number of aromatic nitrogens is 1. The molecule has 2 amide bonds. The fraction of sp³-hybridized carbons (Fsp3) is 0.381. The zero-order valence-corrected chi connectivity index (χ0v) is 18.3. The molecule has 1 aliphatic rings. The summed E-state index contributed by atoms with van der Waals surface area (Å²) in [6.45, 7) is 1.88. The molecular formula is C21H25N3O6S. The highest BCUT2D eigenvalue weighted by Crippen LogP contribution is 2.23.